The van der Waals surface area contributed by atoms with Crippen LogP contribution in [0, 0.1) is 15.9 Å². The molecule has 0 bridgehead atoms. The van der Waals surface area contributed by atoms with E-state index >= 15 is 0 Å². The number of nitro groups is 1. The number of rotatable bonds is 5. The van der Waals surface area contributed by atoms with Crippen LogP contribution >= 0.6 is 11.8 Å². The van der Waals surface area contributed by atoms with Gasteiger partial charge in [0.05, 0.1) is 10.5 Å². The number of nitro benzene ring substituents is 1. The third-order valence-corrected chi connectivity index (χ3v) is 5.34. The van der Waals surface area contributed by atoms with Crippen molar-refractivity contribution in [2.75, 3.05) is 12.8 Å². The Kier molecular flexibility index (Phi) is 4.82. The number of halogens is 1. The van der Waals surface area contributed by atoms with E-state index in [0.717, 1.165) is 43.9 Å². The van der Waals surface area contributed by atoms with Crippen molar-refractivity contribution in [3.05, 3.63) is 39.7 Å². The molecule has 1 aromatic carbocycles. The van der Waals surface area contributed by atoms with E-state index in [0.29, 0.717) is 6.54 Å². The molecule has 1 fully saturated rings. The van der Waals surface area contributed by atoms with Gasteiger partial charge in [0, 0.05) is 23.4 Å². The number of benzene rings is 1. The highest BCUT2D eigenvalue weighted by atomic mass is 32.2. The molecule has 0 spiro atoms. The van der Waals surface area contributed by atoms with E-state index in [2.05, 4.69) is 5.32 Å². The lowest BCUT2D eigenvalue weighted by Gasteiger charge is -2.26. The van der Waals surface area contributed by atoms with Crippen molar-refractivity contribution in [1.82, 2.24) is 5.32 Å². The Bertz CT molecular complexity index is 559. The first kappa shape index (κ1) is 15.8. The fourth-order valence-corrected chi connectivity index (χ4v) is 3.52. The SMILES string of the molecule is CSC1(CNC(=O)c2cc([N+](=O)[O-])ccc2F)CCCC1. The van der Waals surface area contributed by atoms with Crippen LogP contribution in [0.2, 0.25) is 0 Å². The number of thioether (sulfide) groups is 1. The van der Waals surface area contributed by atoms with Gasteiger partial charge in [-0.3, -0.25) is 14.9 Å². The second-order valence-electron chi connectivity index (χ2n) is 5.20. The molecule has 1 amide bonds. The zero-order chi connectivity index (χ0) is 15.5. The van der Waals surface area contributed by atoms with Gasteiger partial charge in [-0.15, -0.1) is 0 Å². The zero-order valence-corrected chi connectivity index (χ0v) is 12.5. The molecule has 1 aromatic rings. The van der Waals surface area contributed by atoms with Crippen molar-refractivity contribution < 1.29 is 14.1 Å². The van der Waals surface area contributed by atoms with Crippen molar-refractivity contribution in [2.24, 2.45) is 0 Å². The highest BCUT2D eigenvalue weighted by Crippen LogP contribution is 2.39. The Morgan fingerprint density at radius 1 is 1.48 bits per heavy atom. The molecular weight excluding hydrogens is 295 g/mol. The summed E-state index contributed by atoms with van der Waals surface area (Å²) in [5.41, 5.74) is -0.569. The van der Waals surface area contributed by atoms with Crippen molar-refractivity contribution in [3.8, 4) is 0 Å². The third kappa shape index (κ3) is 3.53. The lowest BCUT2D eigenvalue weighted by Crippen LogP contribution is -2.38. The van der Waals surface area contributed by atoms with Crippen LogP contribution in [0.25, 0.3) is 0 Å². The number of nitrogens with one attached hydrogen (secondary N) is 1. The monoisotopic (exact) mass is 312 g/mol. The molecule has 5 nitrogen and oxygen atoms in total. The van der Waals surface area contributed by atoms with E-state index in [4.69, 9.17) is 0 Å². The average Bonchev–Trinajstić information content (AvgIpc) is 2.94. The quantitative estimate of drug-likeness (QED) is 0.669. The largest absolute Gasteiger partial charge is 0.351 e. The van der Waals surface area contributed by atoms with Gasteiger partial charge in [0.1, 0.15) is 5.82 Å². The first-order chi connectivity index (χ1) is 9.97. The molecule has 1 saturated carbocycles. The fourth-order valence-electron chi connectivity index (χ4n) is 2.61. The van der Waals surface area contributed by atoms with Gasteiger partial charge in [0.15, 0.2) is 0 Å². The molecule has 0 saturated heterocycles. The van der Waals surface area contributed by atoms with Gasteiger partial charge in [-0.2, -0.15) is 11.8 Å². The number of carbonyl (C=O) groups excluding carboxylic acids is 1. The Labute approximate surface area is 126 Å². The summed E-state index contributed by atoms with van der Waals surface area (Å²) in [6.07, 6.45) is 6.30. The molecule has 0 atom stereocenters. The van der Waals surface area contributed by atoms with E-state index in [1.165, 1.54) is 0 Å². The Morgan fingerprint density at radius 2 is 2.14 bits per heavy atom. The molecular formula is C14H17FN2O3S. The number of carbonyl (C=O) groups is 1. The summed E-state index contributed by atoms with van der Waals surface area (Å²) in [4.78, 5) is 22.1. The predicted molar refractivity (Wildman–Crippen MR) is 80.1 cm³/mol. The lowest BCUT2D eigenvalue weighted by atomic mass is 10.1. The van der Waals surface area contributed by atoms with Crippen LogP contribution in [0.5, 0.6) is 0 Å². The molecule has 2 rings (SSSR count). The molecule has 0 radical (unpaired) electrons. The minimum atomic E-state index is -0.747. The van der Waals surface area contributed by atoms with Gasteiger partial charge in [-0.05, 0) is 25.2 Å². The fraction of sp³-hybridized carbons (Fsp3) is 0.500. The average molecular weight is 312 g/mol. The maximum absolute atomic E-state index is 13.7. The highest BCUT2D eigenvalue weighted by molar-refractivity contribution is 8.00. The summed E-state index contributed by atoms with van der Waals surface area (Å²) in [5.74, 6) is -1.35. The van der Waals surface area contributed by atoms with Crippen LogP contribution in [0.1, 0.15) is 36.0 Å². The molecule has 114 valence electrons. The second kappa shape index (κ2) is 6.43. The van der Waals surface area contributed by atoms with E-state index in [1.54, 1.807) is 11.8 Å². The van der Waals surface area contributed by atoms with Crippen LogP contribution in [0.4, 0.5) is 10.1 Å². The first-order valence-corrected chi connectivity index (χ1v) is 7.97. The van der Waals surface area contributed by atoms with Crippen LogP contribution in [-0.4, -0.2) is 28.4 Å². The normalized spacial score (nSPS) is 16.7. The second-order valence-corrected chi connectivity index (χ2v) is 6.47. The van der Waals surface area contributed by atoms with Crippen molar-refractivity contribution >= 4 is 23.4 Å². The van der Waals surface area contributed by atoms with E-state index in [1.807, 2.05) is 6.26 Å². The molecule has 0 aliphatic heterocycles. The van der Waals surface area contributed by atoms with Crippen LogP contribution in [-0.2, 0) is 0 Å². The summed E-state index contributed by atoms with van der Waals surface area (Å²) < 4.78 is 13.7. The van der Waals surface area contributed by atoms with Crippen molar-refractivity contribution in [2.45, 2.75) is 30.4 Å². The predicted octanol–water partition coefficient (Wildman–Crippen LogP) is 3.14. The van der Waals surface area contributed by atoms with Gasteiger partial charge in [-0.1, -0.05) is 12.8 Å². The standard InChI is InChI=1S/C14H17FN2O3S/c1-21-14(6-2-3-7-14)9-16-13(18)11-8-10(17(19)20)4-5-12(11)15/h4-5,8H,2-3,6-7,9H2,1H3,(H,16,18). The molecule has 21 heavy (non-hydrogen) atoms. The summed E-state index contributed by atoms with van der Waals surface area (Å²) in [7, 11) is 0. The maximum atomic E-state index is 13.7. The van der Waals surface area contributed by atoms with E-state index in [-0.39, 0.29) is 16.0 Å². The van der Waals surface area contributed by atoms with Gasteiger partial charge in [0.25, 0.3) is 11.6 Å². The molecule has 1 aliphatic carbocycles. The topological polar surface area (TPSA) is 72.2 Å². The highest BCUT2D eigenvalue weighted by Gasteiger charge is 2.33. The summed E-state index contributed by atoms with van der Waals surface area (Å²) in [5, 5.41) is 13.4. The van der Waals surface area contributed by atoms with Gasteiger partial charge >= 0.3 is 0 Å². The first-order valence-electron chi connectivity index (χ1n) is 6.75. The lowest BCUT2D eigenvalue weighted by molar-refractivity contribution is -0.384. The molecule has 0 unspecified atom stereocenters. The van der Waals surface area contributed by atoms with Crippen molar-refractivity contribution in [1.29, 1.82) is 0 Å². The number of nitrogens with zero attached hydrogens (tertiary/aromatic N) is 1. The van der Waals surface area contributed by atoms with E-state index < -0.39 is 16.6 Å². The molecule has 1 aliphatic rings. The number of non-ortho nitro benzene ring substituents is 1. The zero-order valence-electron chi connectivity index (χ0n) is 11.7. The van der Waals surface area contributed by atoms with Gasteiger partial charge < -0.3 is 5.32 Å². The van der Waals surface area contributed by atoms with Gasteiger partial charge in [0.2, 0.25) is 0 Å². The maximum Gasteiger partial charge on any atom is 0.270 e. The Morgan fingerprint density at radius 3 is 2.71 bits per heavy atom. The minimum absolute atomic E-state index is 0.00680. The number of hydrogen-bond acceptors (Lipinski definition) is 4. The van der Waals surface area contributed by atoms with Crippen LogP contribution in [0.3, 0.4) is 0 Å². The Balaban J connectivity index is 2.09. The van der Waals surface area contributed by atoms with Crippen molar-refractivity contribution in [3.63, 3.8) is 0 Å². The van der Waals surface area contributed by atoms with Crippen LogP contribution < -0.4 is 5.32 Å². The molecule has 0 heterocycles. The summed E-state index contributed by atoms with van der Waals surface area (Å²) in [6, 6.07) is 2.98. The van der Waals surface area contributed by atoms with E-state index in [9.17, 15) is 19.3 Å². The molecule has 0 aromatic heterocycles. The third-order valence-electron chi connectivity index (χ3n) is 3.92. The summed E-state index contributed by atoms with van der Waals surface area (Å²) in [6.45, 7) is 0.454. The van der Waals surface area contributed by atoms with Gasteiger partial charge in [-0.25, -0.2) is 4.39 Å². The Hall–Kier alpha value is -1.63. The molecule has 1 N–H and O–H groups in total. The number of amides is 1. The van der Waals surface area contributed by atoms with Crippen LogP contribution in [0.15, 0.2) is 18.2 Å². The molecule has 7 heteroatoms. The summed E-state index contributed by atoms with van der Waals surface area (Å²) >= 11 is 1.71. The minimum Gasteiger partial charge on any atom is -0.351 e. The smallest absolute Gasteiger partial charge is 0.270 e. The number of hydrogen-bond donors (Lipinski definition) is 1.